The molecule has 2 atom stereocenters. The Labute approximate surface area is 99.8 Å². The van der Waals surface area contributed by atoms with Gasteiger partial charge in [0.05, 0.1) is 0 Å². The van der Waals surface area contributed by atoms with E-state index in [9.17, 15) is 8.78 Å². The SMILES string of the molecule is CC(N)c1cccc(C(F)(F)C2CCCO2)c1. The van der Waals surface area contributed by atoms with Crippen LogP contribution in [-0.4, -0.2) is 12.7 Å². The van der Waals surface area contributed by atoms with Crippen molar-refractivity contribution in [2.24, 2.45) is 5.73 Å². The van der Waals surface area contributed by atoms with Crippen LogP contribution >= 0.6 is 0 Å². The maximum Gasteiger partial charge on any atom is 0.298 e. The molecule has 4 heteroatoms. The van der Waals surface area contributed by atoms with Crippen LogP contribution in [-0.2, 0) is 10.7 Å². The van der Waals surface area contributed by atoms with Gasteiger partial charge in [0.15, 0.2) is 0 Å². The third-order valence-electron chi connectivity index (χ3n) is 3.13. The second kappa shape index (κ2) is 4.70. The minimum Gasteiger partial charge on any atom is -0.372 e. The summed E-state index contributed by atoms with van der Waals surface area (Å²) in [4.78, 5) is 0. The zero-order valence-corrected chi connectivity index (χ0v) is 9.83. The number of halogens is 2. The summed E-state index contributed by atoms with van der Waals surface area (Å²) < 4.78 is 33.4. The highest BCUT2D eigenvalue weighted by molar-refractivity contribution is 5.29. The summed E-state index contributed by atoms with van der Waals surface area (Å²) in [5.41, 5.74) is 6.42. The first kappa shape index (κ1) is 12.5. The van der Waals surface area contributed by atoms with Crippen molar-refractivity contribution in [3.63, 3.8) is 0 Å². The predicted octanol–water partition coefficient (Wildman–Crippen LogP) is 2.98. The molecule has 17 heavy (non-hydrogen) atoms. The van der Waals surface area contributed by atoms with E-state index in [0.717, 1.165) is 5.56 Å². The van der Waals surface area contributed by atoms with E-state index in [0.29, 0.717) is 19.4 Å². The normalized spacial score (nSPS) is 22.7. The van der Waals surface area contributed by atoms with Gasteiger partial charge >= 0.3 is 0 Å². The van der Waals surface area contributed by atoms with Gasteiger partial charge in [0.2, 0.25) is 0 Å². The number of rotatable bonds is 3. The molecule has 1 aromatic carbocycles. The van der Waals surface area contributed by atoms with Crippen molar-refractivity contribution in [2.75, 3.05) is 6.61 Å². The first-order valence-electron chi connectivity index (χ1n) is 5.87. The van der Waals surface area contributed by atoms with Crippen LogP contribution in [0.25, 0.3) is 0 Å². The van der Waals surface area contributed by atoms with Crippen molar-refractivity contribution in [3.8, 4) is 0 Å². The fraction of sp³-hybridized carbons (Fsp3) is 0.538. The van der Waals surface area contributed by atoms with Gasteiger partial charge in [0.1, 0.15) is 6.10 Å². The first-order chi connectivity index (χ1) is 8.01. The Hall–Kier alpha value is -1.00. The average molecular weight is 241 g/mol. The highest BCUT2D eigenvalue weighted by Gasteiger charge is 2.43. The minimum atomic E-state index is -2.93. The molecule has 1 fully saturated rings. The molecular weight excluding hydrogens is 224 g/mol. The number of alkyl halides is 2. The molecule has 0 bridgehead atoms. The van der Waals surface area contributed by atoms with E-state index in [1.165, 1.54) is 12.1 Å². The lowest BCUT2D eigenvalue weighted by Gasteiger charge is -2.23. The molecule has 1 heterocycles. The Balaban J connectivity index is 2.28. The van der Waals surface area contributed by atoms with Crippen molar-refractivity contribution in [1.82, 2.24) is 0 Å². The van der Waals surface area contributed by atoms with Crippen molar-refractivity contribution in [1.29, 1.82) is 0 Å². The standard InChI is InChI=1S/C13H17F2NO/c1-9(16)10-4-2-5-11(8-10)13(14,15)12-6-3-7-17-12/h2,4-5,8-9,12H,3,6-7,16H2,1H3. The van der Waals surface area contributed by atoms with Crippen LogP contribution in [0.4, 0.5) is 8.78 Å². The molecule has 2 unspecified atom stereocenters. The molecule has 0 aromatic heterocycles. The second-order valence-corrected chi connectivity index (χ2v) is 4.54. The van der Waals surface area contributed by atoms with Crippen LogP contribution in [0.3, 0.4) is 0 Å². The van der Waals surface area contributed by atoms with Crippen LogP contribution < -0.4 is 5.73 Å². The predicted molar refractivity (Wildman–Crippen MR) is 61.9 cm³/mol. The molecule has 1 aliphatic rings. The molecular formula is C13H17F2NO. The van der Waals surface area contributed by atoms with Crippen molar-refractivity contribution in [2.45, 2.75) is 37.8 Å². The largest absolute Gasteiger partial charge is 0.372 e. The Kier molecular flexibility index (Phi) is 3.45. The number of nitrogens with two attached hydrogens (primary N) is 1. The summed E-state index contributed by atoms with van der Waals surface area (Å²) >= 11 is 0. The van der Waals surface area contributed by atoms with Gasteiger partial charge in [-0.3, -0.25) is 0 Å². The van der Waals surface area contributed by atoms with E-state index in [1.807, 2.05) is 0 Å². The van der Waals surface area contributed by atoms with Crippen LogP contribution in [0.5, 0.6) is 0 Å². The van der Waals surface area contributed by atoms with Crippen LogP contribution in [0.1, 0.15) is 36.9 Å². The van der Waals surface area contributed by atoms with E-state index >= 15 is 0 Å². The van der Waals surface area contributed by atoms with Gasteiger partial charge < -0.3 is 10.5 Å². The Morgan fingerprint density at radius 1 is 1.47 bits per heavy atom. The summed E-state index contributed by atoms with van der Waals surface area (Å²) in [6.07, 6.45) is 0.119. The van der Waals surface area contributed by atoms with Crippen LogP contribution in [0.15, 0.2) is 24.3 Å². The third-order valence-corrected chi connectivity index (χ3v) is 3.13. The van der Waals surface area contributed by atoms with Gasteiger partial charge in [-0.1, -0.05) is 18.2 Å². The topological polar surface area (TPSA) is 35.2 Å². The van der Waals surface area contributed by atoms with E-state index in [1.54, 1.807) is 19.1 Å². The fourth-order valence-corrected chi connectivity index (χ4v) is 2.08. The second-order valence-electron chi connectivity index (χ2n) is 4.54. The number of ether oxygens (including phenoxy) is 1. The lowest BCUT2D eigenvalue weighted by Crippen LogP contribution is -2.30. The smallest absolute Gasteiger partial charge is 0.298 e. The van der Waals surface area contributed by atoms with Gasteiger partial charge in [0.25, 0.3) is 5.92 Å². The Morgan fingerprint density at radius 3 is 2.82 bits per heavy atom. The van der Waals surface area contributed by atoms with Crippen molar-refractivity contribution >= 4 is 0 Å². The molecule has 1 aromatic rings. The maximum atomic E-state index is 14.1. The van der Waals surface area contributed by atoms with Gasteiger partial charge in [0, 0.05) is 18.2 Å². The van der Waals surface area contributed by atoms with E-state index < -0.39 is 12.0 Å². The molecule has 94 valence electrons. The monoisotopic (exact) mass is 241 g/mol. The molecule has 0 spiro atoms. The molecule has 2 N–H and O–H groups in total. The number of hydrogen-bond donors (Lipinski definition) is 1. The van der Waals surface area contributed by atoms with Crippen LogP contribution in [0, 0.1) is 0 Å². The van der Waals surface area contributed by atoms with E-state index in [-0.39, 0.29) is 11.6 Å². The fourth-order valence-electron chi connectivity index (χ4n) is 2.08. The molecule has 1 saturated heterocycles. The highest BCUT2D eigenvalue weighted by Crippen LogP contribution is 2.38. The molecule has 2 rings (SSSR count). The van der Waals surface area contributed by atoms with Gasteiger partial charge in [-0.05, 0) is 31.4 Å². The zero-order chi connectivity index (χ0) is 12.5. The summed E-state index contributed by atoms with van der Waals surface area (Å²) in [6, 6.07) is 6.06. The van der Waals surface area contributed by atoms with Gasteiger partial charge in [-0.2, -0.15) is 8.78 Å². The Bertz CT molecular complexity index is 387. The minimum absolute atomic E-state index is 0.000741. The molecule has 0 aliphatic carbocycles. The molecule has 2 nitrogen and oxygen atoms in total. The number of hydrogen-bond acceptors (Lipinski definition) is 2. The molecule has 1 aliphatic heterocycles. The van der Waals surface area contributed by atoms with Crippen LogP contribution in [0.2, 0.25) is 0 Å². The number of benzene rings is 1. The summed E-state index contributed by atoms with van der Waals surface area (Å²) in [5.74, 6) is -2.93. The van der Waals surface area contributed by atoms with Gasteiger partial charge in [-0.25, -0.2) is 0 Å². The highest BCUT2D eigenvalue weighted by atomic mass is 19.3. The average Bonchev–Trinajstić information content (AvgIpc) is 2.83. The van der Waals surface area contributed by atoms with E-state index in [2.05, 4.69) is 0 Å². The summed E-state index contributed by atoms with van der Waals surface area (Å²) in [7, 11) is 0. The van der Waals surface area contributed by atoms with Crippen molar-refractivity contribution in [3.05, 3.63) is 35.4 Å². The molecule has 0 saturated carbocycles. The summed E-state index contributed by atoms with van der Waals surface area (Å²) in [6.45, 7) is 2.20. The zero-order valence-electron chi connectivity index (χ0n) is 9.83. The molecule has 0 amide bonds. The van der Waals surface area contributed by atoms with E-state index in [4.69, 9.17) is 10.5 Å². The lowest BCUT2D eigenvalue weighted by molar-refractivity contribution is -0.122. The lowest BCUT2D eigenvalue weighted by atomic mass is 9.97. The molecule has 0 radical (unpaired) electrons. The Morgan fingerprint density at radius 2 is 2.24 bits per heavy atom. The first-order valence-corrected chi connectivity index (χ1v) is 5.87. The summed E-state index contributed by atoms with van der Waals surface area (Å²) in [5, 5.41) is 0. The van der Waals surface area contributed by atoms with Crippen molar-refractivity contribution < 1.29 is 13.5 Å². The quantitative estimate of drug-likeness (QED) is 0.883. The van der Waals surface area contributed by atoms with Gasteiger partial charge in [-0.15, -0.1) is 0 Å². The maximum absolute atomic E-state index is 14.1. The third kappa shape index (κ3) is 2.48.